The number of hydrazine groups is 1. The number of nitrogens with one attached hydrogen (secondary N) is 2. The van der Waals surface area contributed by atoms with Gasteiger partial charge in [0.25, 0.3) is 11.8 Å². The lowest BCUT2D eigenvalue weighted by Gasteiger charge is -2.10. The van der Waals surface area contributed by atoms with Crippen LogP contribution in [0.3, 0.4) is 0 Å². The Kier molecular flexibility index (Phi) is 6.63. The third-order valence-electron chi connectivity index (χ3n) is 3.50. The number of halogens is 1. The molecule has 2 rings (SSSR count). The van der Waals surface area contributed by atoms with Gasteiger partial charge in [0.2, 0.25) is 0 Å². The molecule has 26 heavy (non-hydrogen) atoms. The highest BCUT2D eigenvalue weighted by Crippen LogP contribution is 2.22. The van der Waals surface area contributed by atoms with Crippen LogP contribution in [0.1, 0.15) is 21.5 Å². The van der Waals surface area contributed by atoms with Gasteiger partial charge in [0, 0.05) is 16.7 Å². The van der Waals surface area contributed by atoms with Gasteiger partial charge >= 0.3 is 0 Å². The van der Waals surface area contributed by atoms with Gasteiger partial charge in [-0.15, -0.1) is 0 Å². The molecule has 0 saturated carbocycles. The second-order valence-electron chi connectivity index (χ2n) is 5.37. The van der Waals surface area contributed by atoms with Crippen LogP contribution in [0.4, 0.5) is 0 Å². The first-order valence-corrected chi connectivity index (χ1v) is 8.09. The first-order chi connectivity index (χ1) is 12.4. The summed E-state index contributed by atoms with van der Waals surface area (Å²) in [6, 6.07) is 10.2. The van der Waals surface area contributed by atoms with Crippen molar-refractivity contribution < 1.29 is 19.1 Å². The molecule has 2 N–H and O–H groups in total. The minimum atomic E-state index is -0.542. The Hall–Kier alpha value is -2.99. The molecule has 0 saturated heterocycles. The maximum absolute atomic E-state index is 12.2. The molecule has 0 unspecified atom stereocenters. The Morgan fingerprint density at radius 3 is 2.38 bits per heavy atom. The Morgan fingerprint density at radius 2 is 1.69 bits per heavy atom. The molecule has 136 valence electrons. The number of rotatable bonds is 5. The van der Waals surface area contributed by atoms with Gasteiger partial charge in [0.15, 0.2) is 0 Å². The van der Waals surface area contributed by atoms with Gasteiger partial charge in [-0.2, -0.15) is 0 Å². The maximum Gasteiger partial charge on any atom is 0.273 e. The highest BCUT2D eigenvalue weighted by molar-refractivity contribution is 6.31. The summed E-state index contributed by atoms with van der Waals surface area (Å²) in [4.78, 5) is 24.1. The molecule has 0 fully saturated rings. The standard InChI is InChI=1S/C19H19ClN2O4/c1-12-4-7-16(25-2)13(10-12)5-9-18(23)21-22-19(24)15-11-14(20)6-8-17(15)26-3/h4-11H,1-3H3,(H,21,23)(H,22,24)/b9-5+. The molecule has 7 heteroatoms. The van der Waals surface area contributed by atoms with E-state index in [0.717, 1.165) is 11.1 Å². The van der Waals surface area contributed by atoms with E-state index in [1.165, 1.54) is 19.3 Å². The molecule has 0 spiro atoms. The predicted octanol–water partition coefficient (Wildman–Crippen LogP) is 3.14. The van der Waals surface area contributed by atoms with Gasteiger partial charge in [-0.3, -0.25) is 20.4 Å². The Labute approximate surface area is 156 Å². The average Bonchev–Trinajstić information content (AvgIpc) is 2.64. The Morgan fingerprint density at radius 1 is 1.00 bits per heavy atom. The molecule has 2 aromatic rings. The molecule has 0 aliphatic carbocycles. The maximum atomic E-state index is 12.2. The summed E-state index contributed by atoms with van der Waals surface area (Å²) >= 11 is 5.89. The van der Waals surface area contributed by atoms with E-state index < -0.39 is 11.8 Å². The van der Waals surface area contributed by atoms with E-state index in [1.54, 1.807) is 25.3 Å². The third kappa shape index (κ3) is 5.00. The lowest BCUT2D eigenvalue weighted by atomic mass is 10.1. The van der Waals surface area contributed by atoms with Crippen molar-refractivity contribution in [2.75, 3.05) is 14.2 Å². The van der Waals surface area contributed by atoms with Crippen molar-refractivity contribution in [3.8, 4) is 11.5 Å². The van der Waals surface area contributed by atoms with E-state index in [-0.39, 0.29) is 5.56 Å². The van der Waals surface area contributed by atoms with Gasteiger partial charge in [-0.25, -0.2) is 0 Å². The summed E-state index contributed by atoms with van der Waals surface area (Å²) in [6.07, 6.45) is 2.90. The van der Waals surface area contributed by atoms with Gasteiger partial charge in [-0.1, -0.05) is 23.2 Å². The molecular formula is C19H19ClN2O4. The van der Waals surface area contributed by atoms with E-state index in [9.17, 15) is 9.59 Å². The van der Waals surface area contributed by atoms with Gasteiger partial charge in [0.1, 0.15) is 11.5 Å². The van der Waals surface area contributed by atoms with Crippen molar-refractivity contribution in [3.05, 3.63) is 64.2 Å². The molecule has 2 aromatic carbocycles. The molecule has 6 nitrogen and oxygen atoms in total. The van der Waals surface area contributed by atoms with Crippen molar-refractivity contribution in [1.29, 1.82) is 0 Å². The largest absolute Gasteiger partial charge is 0.496 e. The van der Waals surface area contributed by atoms with Crippen LogP contribution in [-0.4, -0.2) is 26.0 Å². The zero-order chi connectivity index (χ0) is 19.1. The molecule has 0 aliphatic heterocycles. The summed E-state index contributed by atoms with van der Waals surface area (Å²) in [5.74, 6) is -0.0457. The van der Waals surface area contributed by atoms with Crippen LogP contribution in [0.5, 0.6) is 11.5 Å². The number of hydrogen-bond donors (Lipinski definition) is 2. The second kappa shape index (κ2) is 8.92. The fraction of sp³-hybridized carbons (Fsp3) is 0.158. The summed E-state index contributed by atoms with van der Waals surface area (Å²) in [6.45, 7) is 1.94. The molecule has 0 bridgehead atoms. The minimum absolute atomic E-state index is 0.213. The van der Waals surface area contributed by atoms with Crippen molar-refractivity contribution in [2.45, 2.75) is 6.92 Å². The molecule has 0 aromatic heterocycles. The minimum Gasteiger partial charge on any atom is -0.496 e. The van der Waals surface area contributed by atoms with Gasteiger partial charge < -0.3 is 9.47 Å². The van der Waals surface area contributed by atoms with Gasteiger partial charge in [0.05, 0.1) is 19.8 Å². The summed E-state index contributed by atoms with van der Waals surface area (Å²) < 4.78 is 10.4. The molecule has 0 heterocycles. The van der Waals surface area contributed by atoms with Crippen LogP contribution in [-0.2, 0) is 4.79 Å². The quantitative estimate of drug-likeness (QED) is 0.622. The summed E-state index contributed by atoms with van der Waals surface area (Å²) in [5.41, 5.74) is 6.63. The monoisotopic (exact) mass is 374 g/mol. The highest BCUT2D eigenvalue weighted by Gasteiger charge is 2.13. The number of benzene rings is 2. The Bertz CT molecular complexity index is 849. The zero-order valence-corrected chi connectivity index (χ0v) is 15.4. The highest BCUT2D eigenvalue weighted by atomic mass is 35.5. The van der Waals surface area contributed by atoms with Crippen LogP contribution in [0.15, 0.2) is 42.5 Å². The topological polar surface area (TPSA) is 76.7 Å². The molecule has 2 amide bonds. The fourth-order valence-electron chi connectivity index (χ4n) is 2.23. The molecule has 0 aliphatic rings. The average molecular weight is 375 g/mol. The number of ether oxygens (including phenoxy) is 2. The zero-order valence-electron chi connectivity index (χ0n) is 14.6. The molecule has 0 radical (unpaired) electrons. The van der Waals surface area contributed by atoms with Crippen molar-refractivity contribution >= 4 is 29.5 Å². The van der Waals surface area contributed by atoms with Crippen LogP contribution < -0.4 is 20.3 Å². The lowest BCUT2D eigenvalue weighted by molar-refractivity contribution is -0.117. The van der Waals surface area contributed by atoms with E-state index in [4.69, 9.17) is 21.1 Å². The first kappa shape index (κ1) is 19.3. The fourth-order valence-corrected chi connectivity index (χ4v) is 2.41. The van der Waals surface area contributed by atoms with Crippen LogP contribution >= 0.6 is 11.6 Å². The lowest BCUT2D eigenvalue weighted by Crippen LogP contribution is -2.40. The normalized spacial score (nSPS) is 10.5. The van der Waals surface area contributed by atoms with E-state index in [0.29, 0.717) is 16.5 Å². The van der Waals surface area contributed by atoms with Crippen LogP contribution in [0, 0.1) is 6.92 Å². The summed E-state index contributed by atoms with van der Waals surface area (Å²) in [7, 11) is 3.00. The first-order valence-electron chi connectivity index (χ1n) is 7.71. The number of aryl methyl sites for hydroxylation is 1. The van der Waals surface area contributed by atoms with E-state index >= 15 is 0 Å². The van der Waals surface area contributed by atoms with Crippen molar-refractivity contribution in [3.63, 3.8) is 0 Å². The SMILES string of the molecule is COc1ccc(C)cc1/C=C/C(=O)NNC(=O)c1cc(Cl)ccc1OC. The number of hydrogen-bond acceptors (Lipinski definition) is 4. The molecular weight excluding hydrogens is 356 g/mol. The summed E-state index contributed by atoms with van der Waals surface area (Å²) in [5, 5.41) is 0.383. The third-order valence-corrected chi connectivity index (χ3v) is 3.74. The number of carbonyl (C=O) groups excluding carboxylic acids is 2. The number of amides is 2. The van der Waals surface area contributed by atoms with E-state index in [2.05, 4.69) is 10.9 Å². The predicted molar refractivity (Wildman–Crippen MR) is 100 cm³/mol. The van der Waals surface area contributed by atoms with Crippen molar-refractivity contribution in [2.24, 2.45) is 0 Å². The number of carbonyl (C=O) groups is 2. The second-order valence-corrected chi connectivity index (χ2v) is 5.80. The Balaban J connectivity index is 2.02. The van der Waals surface area contributed by atoms with Crippen LogP contribution in [0.2, 0.25) is 5.02 Å². The number of methoxy groups -OCH3 is 2. The smallest absolute Gasteiger partial charge is 0.273 e. The van der Waals surface area contributed by atoms with E-state index in [1.807, 2.05) is 25.1 Å². The van der Waals surface area contributed by atoms with Gasteiger partial charge in [-0.05, 0) is 43.3 Å². The molecule has 0 atom stereocenters. The van der Waals surface area contributed by atoms with Crippen molar-refractivity contribution in [1.82, 2.24) is 10.9 Å². The van der Waals surface area contributed by atoms with Crippen LogP contribution in [0.25, 0.3) is 6.08 Å².